The van der Waals surface area contributed by atoms with E-state index in [0.717, 1.165) is 17.9 Å². The van der Waals surface area contributed by atoms with Crippen LogP contribution in [0.15, 0.2) is 42.5 Å². The highest BCUT2D eigenvalue weighted by atomic mass is 16.5. The van der Waals surface area contributed by atoms with E-state index in [1.54, 1.807) is 12.1 Å². The third kappa shape index (κ3) is 3.66. The Kier molecular flexibility index (Phi) is 4.66. The number of hydrogen-bond donors (Lipinski definition) is 3. The monoisotopic (exact) mass is 286 g/mol. The fourth-order valence-corrected chi connectivity index (χ4v) is 1.89. The third-order valence-corrected chi connectivity index (χ3v) is 2.92. The maximum absolute atomic E-state index is 11.2. The molecule has 110 valence electrons. The number of rotatable bonds is 6. The van der Waals surface area contributed by atoms with Crippen molar-refractivity contribution < 1.29 is 14.6 Å². The van der Waals surface area contributed by atoms with Gasteiger partial charge in [-0.25, -0.2) is 4.79 Å². The molecule has 0 heterocycles. The molecule has 0 saturated heterocycles. The van der Waals surface area contributed by atoms with Crippen molar-refractivity contribution in [2.45, 2.75) is 13.3 Å². The molecular weight excluding hydrogens is 268 g/mol. The molecule has 0 unspecified atom stereocenters. The first-order chi connectivity index (χ1) is 10.1. The predicted molar refractivity (Wildman–Crippen MR) is 83.3 cm³/mol. The van der Waals surface area contributed by atoms with Gasteiger partial charge < -0.3 is 20.9 Å². The van der Waals surface area contributed by atoms with Gasteiger partial charge in [-0.15, -0.1) is 0 Å². The summed E-state index contributed by atoms with van der Waals surface area (Å²) in [7, 11) is 0. The summed E-state index contributed by atoms with van der Waals surface area (Å²) < 4.78 is 5.50. The number of carboxylic acid groups (broad SMARTS) is 1. The molecule has 0 bridgehead atoms. The number of anilines is 3. The molecule has 0 aliphatic rings. The quantitative estimate of drug-likeness (QED) is 0.708. The largest absolute Gasteiger partial charge is 0.494 e. The Hall–Kier alpha value is -2.69. The molecule has 4 N–H and O–H groups in total. The number of hydrogen-bond acceptors (Lipinski definition) is 4. The van der Waals surface area contributed by atoms with E-state index in [2.05, 4.69) is 5.32 Å². The van der Waals surface area contributed by atoms with Crippen LogP contribution >= 0.6 is 0 Å². The van der Waals surface area contributed by atoms with Crippen molar-refractivity contribution in [3.05, 3.63) is 48.0 Å². The number of carboxylic acids is 1. The van der Waals surface area contributed by atoms with Crippen LogP contribution in [0.4, 0.5) is 17.1 Å². The molecule has 0 fully saturated rings. The molecule has 5 heteroatoms. The van der Waals surface area contributed by atoms with Crippen molar-refractivity contribution in [1.29, 1.82) is 0 Å². The third-order valence-electron chi connectivity index (χ3n) is 2.92. The average molecular weight is 286 g/mol. The van der Waals surface area contributed by atoms with Crippen molar-refractivity contribution in [2.75, 3.05) is 17.7 Å². The highest BCUT2D eigenvalue weighted by Crippen LogP contribution is 2.28. The first kappa shape index (κ1) is 14.7. The first-order valence-electron chi connectivity index (χ1n) is 6.73. The fraction of sp³-hybridized carbons (Fsp3) is 0.188. The van der Waals surface area contributed by atoms with E-state index in [0.29, 0.717) is 18.0 Å². The maximum Gasteiger partial charge on any atom is 0.337 e. The molecule has 0 aromatic heterocycles. The summed E-state index contributed by atoms with van der Waals surface area (Å²) in [6.07, 6.45) is 0.947. The second-order valence-electron chi connectivity index (χ2n) is 4.57. The topological polar surface area (TPSA) is 84.6 Å². The highest BCUT2D eigenvalue weighted by Gasteiger charge is 2.12. The summed E-state index contributed by atoms with van der Waals surface area (Å²) in [6, 6.07) is 12.1. The van der Waals surface area contributed by atoms with E-state index >= 15 is 0 Å². The van der Waals surface area contributed by atoms with Gasteiger partial charge in [-0.2, -0.15) is 0 Å². The molecule has 0 atom stereocenters. The van der Waals surface area contributed by atoms with Gasteiger partial charge >= 0.3 is 5.97 Å². The van der Waals surface area contributed by atoms with Gasteiger partial charge in [-0.3, -0.25) is 0 Å². The van der Waals surface area contributed by atoms with E-state index in [1.807, 2.05) is 31.2 Å². The minimum atomic E-state index is -1.02. The summed E-state index contributed by atoms with van der Waals surface area (Å²) in [5.74, 6) is -0.241. The molecule has 0 aliphatic heterocycles. The molecule has 0 radical (unpaired) electrons. The van der Waals surface area contributed by atoms with Gasteiger partial charge in [0.1, 0.15) is 5.75 Å². The molecule has 0 amide bonds. The van der Waals surface area contributed by atoms with Crippen LogP contribution in [0.2, 0.25) is 0 Å². The second kappa shape index (κ2) is 6.65. The van der Waals surface area contributed by atoms with E-state index in [9.17, 15) is 9.90 Å². The van der Waals surface area contributed by atoms with Crippen molar-refractivity contribution >= 4 is 23.0 Å². The SMILES string of the molecule is CCCOc1ccc(Nc2c(N)cccc2C(=O)O)cc1. The lowest BCUT2D eigenvalue weighted by Gasteiger charge is -2.13. The van der Waals surface area contributed by atoms with Gasteiger partial charge in [-0.1, -0.05) is 13.0 Å². The van der Waals surface area contributed by atoms with Crippen LogP contribution in [-0.2, 0) is 0 Å². The first-order valence-corrected chi connectivity index (χ1v) is 6.73. The number of carbonyl (C=O) groups is 1. The summed E-state index contributed by atoms with van der Waals surface area (Å²) >= 11 is 0. The molecule has 5 nitrogen and oxygen atoms in total. The summed E-state index contributed by atoms with van der Waals surface area (Å²) in [4.78, 5) is 11.2. The lowest BCUT2D eigenvalue weighted by molar-refractivity contribution is 0.0698. The summed E-state index contributed by atoms with van der Waals surface area (Å²) in [5, 5.41) is 12.2. The van der Waals surface area contributed by atoms with Crippen molar-refractivity contribution in [3.8, 4) is 5.75 Å². The van der Waals surface area contributed by atoms with Crippen molar-refractivity contribution in [2.24, 2.45) is 0 Å². The second-order valence-corrected chi connectivity index (χ2v) is 4.57. The van der Waals surface area contributed by atoms with Crippen LogP contribution in [0.3, 0.4) is 0 Å². The number of ether oxygens (including phenoxy) is 1. The van der Waals surface area contributed by atoms with Crippen LogP contribution in [0.25, 0.3) is 0 Å². The van der Waals surface area contributed by atoms with Gasteiger partial charge in [0, 0.05) is 5.69 Å². The number of nitrogen functional groups attached to an aromatic ring is 1. The Morgan fingerprint density at radius 3 is 2.57 bits per heavy atom. The van der Waals surface area contributed by atoms with E-state index in [4.69, 9.17) is 10.5 Å². The molecule has 2 aromatic rings. The van der Waals surface area contributed by atoms with Gasteiger partial charge in [0.05, 0.1) is 23.5 Å². The Morgan fingerprint density at radius 2 is 1.95 bits per heavy atom. The lowest BCUT2D eigenvalue weighted by Crippen LogP contribution is -2.05. The van der Waals surface area contributed by atoms with Gasteiger partial charge in [-0.05, 0) is 42.8 Å². The van der Waals surface area contributed by atoms with Gasteiger partial charge in [0.2, 0.25) is 0 Å². The van der Waals surface area contributed by atoms with Gasteiger partial charge in [0.15, 0.2) is 0 Å². The zero-order chi connectivity index (χ0) is 15.2. The molecule has 21 heavy (non-hydrogen) atoms. The minimum Gasteiger partial charge on any atom is -0.494 e. The van der Waals surface area contributed by atoms with Crippen LogP contribution in [0, 0.1) is 0 Å². The smallest absolute Gasteiger partial charge is 0.337 e. The number of aromatic carboxylic acids is 1. The molecule has 2 rings (SSSR count). The lowest BCUT2D eigenvalue weighted by atomic mass is 10.1. The van der Waals surface area contributed by atoms with Crippen molar-refractivity contribution in [3.63, 3.8) is 0 Å². The normalized spacial score (nSPS) is 10.1. The molecule has 0 aliphatic carbocycles. The number of benzene rings is 2. The van der Waals surface area contributed by atoms with Crippen LogP contribution < -0.4 is 15.8 Å². The minimum absolute atomic E-state index is 0.140. The Bertz CT molecular complexity index is 624. The van der Waals surface area contributed by atoms with Crippen LogP contribution in [0.5, 0.6) is 5.75 Å². The fourth-order valence-electron chi connectivity index (χ4n) is 1.89. The zero-order valence-electron chi connectivity index (χ0n) is 11.8. The number of nitrogens with one attached hydrogen (secondary N) is 1. The van der Waals surface area contributed by atoms with Crippen LogP contribution in [0.1, 0.15) is 23.7 Å². The molecular formula is C16H18N2O3. The molecule has 0 spiro atoms. The van der Waals surface area contributed by atoms with E-state index in [-0.39, 0.29) is 5.56 Å². The number of nitrogens with two attached hydrogens (primary N) is 1. The molecule has 2 aromatic carbocycles. The Labute approximate surface area is 123 Å². The van der Waals surface area contributed by atoms with E-state index in [1.165, 1.54) is 6.07 Å². The van der Waals surface area contributed by atoms with E-state index < -0.39 is 5.97 Å². The Balaban J connectivity index is 2.20. The zero-order valence-corrected chi connectivity index (χ0v) is 11.8. The predicted octanol–water partition coefficient (Wildman–Crippen LogP) is 3.50. The highest BCUT2D eigenvalue weighted by molar-refractivity contribution is 5.98. The average Bonchev–Trinajstić information content (AvgIpc) is 2.48. The van der Waals surface area contributed by atoms with Crippen molar-refractivity contribution in [1.82, 2.24) is 0 Å². The van der Waals surface area contributed by atoms with Gasteiger partial charge in [0.25, 0.3) is 0 Å². The summed E-state index contributed by atoms with van der Waals surface area (Å²) in [5.41, 5.74) is 7.53. The maximum atomic E-state index is 11.2. The standard InChI is InChI=1S/C16H18N2O3/c1-2-10-21-12-8-6-11(7-9-12)18-15-13(16(19)20)4-3-5-14(15)17/h3-9,18H,2,10,17H2,1H3,(H,19,20). The Morgan fingerprint density at radius 1 is 1.24 bits per heavy atom. The number of para-hydroxylation sites is 1. The molecule has 0 saturated carbocycles. The van der Waals surface area contributed by atoms with Crippen LogP contribution in [-0.4, -0.2) is 17.7 Å². The summed E-state index contributed by atoms with van der Waals surface area (Å²) in [6.45, 7) is 2.71.